The minimum atomic E-state index is -3.19. The maximum atomic E-state index is 10.9. The van der Waals surface area contributed by atoms with Gasteiger partial charge >= 0.3 is 0 Å². The lowest BCUT2D eigenvalue weighted by Gasteiger charge is -2.10. The van der Waals surface area contributed by atoms with E-state index >= 15 is 0 Å². The molecule has 0 amide bonds. The van der Waals surface area contributed by atoms with Crippen LogP contribution in [0.5, 0.6) is 5.75 Å². The van der Waals surface area contributed by atoms with Gasteiger partial charge in [-0.15, -0.1) is 0 Å². The van der Waals surface area contributed by atoms with Crippen LogP contribution < -0.4 is 14.8 Å². The van der Waals surface area contributed by atoms with Crippen LogP contribution in [0.4, 0.5) is 5.69 Å². The zero-order valence-electron chi connectivity index (χ0n) is 10.2. The lowest BCUT2D eigenvalue weighted by molar-refractivity contribution is 0.415. The molecule has 0 heterocycles. The fraction of sp³-hybridized carbons (Fsp3) is 0.364. The van der Waals surface area contributed by atoms with Crippen LogP contribution in [0.1, 0.15) is 5.56 Å². The van der Waals surface area contributed by atoms with Gasteiger partial charge in [0.1, 0.15) is 11.8 Å². The van der Waals surface area contributed by atoms with E-state index in [0.717, 1.165) is 6.26 Å². The van der Waals surface area contributed by atoms with E-state index < -0.39 is 10.0 Å². The van der Waals surface area contributed by atoms with Gasteiger partial charge in [-0.25, -0.2) is 13.1 Å². The van der Waals surface area contributed by atoms with Crippen molar-refractivity contribution >= 4 is 15.7 Å². The summed E-state index contributed by atoms with van der Waals surface area (Å²) in [4.78, 5) is 0. The van der Waals surface area contributed by atoms with E-state index in [1.165, 1.54) is 7.11 Å². The molecule has 0 aliphatic carbocycles. The Morgan fingerprint density at radius 1 is 1.39 bits per heavy atom. The van der Waals surface area contributed by atoms with E-state index in [-0.39, 0.29) is 6.54 Å². The molecule has 1 rings (SSSR count). The Hall–Kier alpha value is -1.78. The highest BCUT2D eigenvalue weighted by molar-refractivity contribution is 7.88. The number of benzene rings is 1. The number of nitrogens with zero attached hydrogens (tertiary/aromatic N) is 1. The largest absolute Gasteiger partial charge is 0.497 e. The van der Waals surface area contributed by atoms with Crippen molar-refractivity contribution in [2.45, 2.75) is 0 Å². The Labute approximate surface area is 107 Å². The molecular formula is C11H15N3O3S. The Kier molecular flexibility index (Phi) is 4.95. The summed E-state index contributed by atoms with van der Waals surface area (Å²) in [6, 6.07) is 7.08. The van der Waals surface area contributed by atoms with Crippen LogP contribution in [-0.2, 0) is 10.0 Å². The van der Waals surface area contributed by atoms with E-state index in [9.17, 15) is 8.42 Å². The number of hydrogen-bond donors (Lipinski definition) is 2. The van der Waals surface area contributed by atoms with Crippen molar-refractivity contribution in [3.8, 4) is 11.8 Å². The number of nitriles is 1. The zero-order chi connectivity index (χ0) is 13.6. The molecule has 0 aromatic heterocycles. The molecule has 0 fully saturated rings. The quantitative estimate of drug-likeness (QED) is 0.735. The molecule has 1 aromatic carbocycles. The van der Waals surface area contributed by atoms with Crippen LogP contribution in [-0.4, -0.2) is 34.9 Å². The highest BCUT2D eigenvalue weighted by Gasteiger charge is 2.04. The average Bonchev–Trinajstić information content (AvgIpc) is 2.33. The summed E-state index contributed by atoms with van der Waals surface area (Å²) >= 11 is 0. The van der Waals surface area contributed by atoms with Crippen LogP contribution in [0, 0.1) is 11.3 Å². The molecule has 98 valence electrons. The monoisotopic (exact) mass is 269 g/mol. The Bertz CT molecular complexity index is 549. The highest BCUT2D eigenvalue weighted by Crippen LogP contribution is 2.21. The average molecular weight is 269 g/mol. The highest BCUT2D eigenvalue weighted by atomic mass is 32.2. The molecule has 0 saturated heterocycles. The molecule has 1 aromatic rings. The van der Waals surface area contributed by atoms with Crippen molar-refractivity contribution in [1.82, 2.24) is 4.72 Å². The van der Waals surface area contributed by atoms with Gasteiger partial charge in [-0.1, -0.05) is 0 Å². The number of sulfonamides is 1. The summed E-state index contributed by atoms with van der Waals surface area (Å²) in [6.45, 7) is 0.635. The summed E-state index contributed by atoms with van der Waals surface area (Å²) in [5, 5.41) is 11.9. The van der Waals surface area contributed by atoms with Crippen molar-refractivity contribution in [3.05, 3.63) is 23.8 Å². The summed E-state index contributed by atoms with van der Waals surface area (Å²) in [5.41, 5.74) is 1.10. The van der Waals surface area contributed by atoms with Gasteiger partial charge < -0.3 is 10.1 Å². The van der Waals surface area contributed by atoms with E-state index in [0.29, 0.717) is 23.5 Å². The molecule has 0 aliphatic heterocycles. The van der Waals surface area contributed by atoms with Gasteiger partial charge in [0, 0.05) is 19.2 Å². The Morgan fingerprint density at radius 3 is 2.67 bits per heavy atom. The minimum Gasteiger partial charge on any atom is -0.497 e. The van der Waals surface area contributed by atoms with Crippen LogP contribution in [0.15, 0.2) is 18.2 Å². The molecule has 0 spiro atoms. The fourth-order valence-electron chi connectivity index (χ4n) is 1.33. The predicted octanol–water partition coefficient (Wildman–Crippen LogP) is 0.528. The SMILES string of the molecule is COc1ccc(C#N)c(NCCNS(C)(=O)=O)c1. The fourth-order valence-corrected chi connectivity index (χ4v) is 1.80. The third-order valence-corrected chi connectivity index (χ3v) is 2.88. The molecule has 2 N–H and O–H groups in total. The van der Waals surface area contributed by atoms with Gasteiger partial charge in [-0.05, 0) is 12.1 Å². The maximum absolute atomic E-state index is 10.9. The number of hydrogen-bond acceptors (Lipinski definition) is 5. The summed E-state index contributed by atoms with van der Waals surface area (Å²) < 4.78 is 29.1. The minimum absolute atomic E-state index is 0.251. The summed E-state index contributed by atoms with van der Waals surface area (Å²) in [7, 11) is -1.65. The predicted molar refractivity (Wildman–Crippen MR) is 69.0 cm³/mol. The Balaban J connectivity index is 2.63. The number of ether oxygens (including phenoxy) is 1. The molecule has 0 saturated carbocycles. The van der Waals surface area contributed by atoms with Crippen LogP contribution in [0.25, 0.3) is 0 Å². The van der Waals surface area contributed by atoms with Crippen LogP contribution in [0.2, 0.25) is 0 Å². The smallest absolute Gasteiger partial charge is 0.208 e. The normalized spacial score (nSPS) is 10.7. The maximum Gasteiger partial charge on any atom is 0.208 e. The van der Waals surface area contributed by atoms with Crippen LogP contribution in [0.3, 0.4) is 0 Å². The van der Waals surface area contributed by atoms with Gasteiger partial charge in [0.05, 0.1) is 24.6 Å². The molecule has 0 bridgehead atoms. The van der Waals surface area contributed by atoms with Crippen molar-refractivity contribution in [3.63, 3.8) is 0 Å². The van der Waals surface area contributed by atoms with Gasteiger partial charge in [-0.2, -0.15) is 5.26 Å². The molecule has 7 heteroatoms. The standard InChI is InChI=1S/C11H15N3O3S/c1-17-10-4-3-9(8-12)11(7-10)13-5-6-14-18(2,15)16/h3-4,7,13-14H,5-6H2,1-2H3. The van der Waals surface area contributed by atoms with Gasteiger partial charge in [0.2, 0.25) is 10.0 Å². The lowest BCUT2D eigenvalue weighted by atomic mass is 10.2. The first-order valence-electron chi connectivity index (χ1n) is 5.23. The van der Waals surface area contributed by atoms with E-state index in [4.69, 9.17) is 10.00 Å². The molecule has 18 heavy (non-hydrogen) atoms. The number of rotatable bonds is 6. The molecule has 6 nitrogen and oxygen atoms in total. The number of anilines is 1. The first kappa shape index (κ1) is 14.3. The van der Waals surface area contributed by atoms with E-state index in [1.807, 2.05) is 6.07 Å². The van der Waals surface area contributed by atoms with Gasteiger partial charge in [0.15, 0.2) is 0 Å². The van der Waals surface area contributed by atoms with Crippen molar-refractivity contribution in [2.75, 3.05) is 31.8 Å². The third kappa shape index (κ3) is 4.61. The number of methoxy groups -OCH3 is 1. The van der Waals surface area contributed by atoms with Crippen LogP contribution >= 0.6 is 0 Å². The van der Waals surface area contributed by atoms with E-state index in [1.54, 1.807) is 18.2 Å². The van der Waals surface area contributed by atoms with Crippen molar-refractivity contribution in [2.24, 2.45) is 0 Å². The second-order valence-electron chi connectivity index (χ2n) is 3.62. The molecular weight excluding hydrogens is 254 g/mol. The Morgan fingerprint density at radius 2 is 2.11 bits per heavy atom. The number of nitrogens with one attached hydrogen (secondary N) is 2. The van der Waals surface area contributed by atoms with Gasteiger partial charge in [0.25, 0.3) is 0 Å². The van der Waals surface area contributed by atoms with Crippen molar-refractivity contribution < 1.29 is 13.2 Å². The van der Waals surface area contributed by atoms with E-state index in [2.05, 4.69) is 10.0 Å². The zero-order valence-corrected chi connectivity index (χ0v) is 11.0. The molecule has 0 radical (unpaired) electrons. The van der Waals surface area contributed by atoms with Gasteiger partial charge in [-0.3, -0.25) is 0 Å². The van der Waals surface area contributed by atoms with Crippen molar-refractivity contribution in [1.29, 1.82) is 5.26 Å². The lowest BCUT2D eigenvalue weighted by Crippen LogP contribution is -2.27. The second kappa shape index (κ2) is 6.23. The second-order valence-corrected chi connectivity index (χ2v) is 5.45. The summed E-state index contributed by atoms with van der Waals surface area (Å²) in [6.07, 6.45) is 1.10. The first-order chi connectivity index (χ1) is 8.46. The summed E-state index contributed by atoms with van der Waals surface area (Å²) in [5.74, 6) is 0.632. The topological polar surface area (TPSA) is 91.2 Å². The first-order valence-corrected chi connectivity index (χ1v) is 7.12. The molecule has 0 atom stereocenters. The molecule has 0 unspecified atom stereocenters. The third-order valence-electron chi connectivity index (χ3n) is 2.15. The molecule has 0 aliphatic rings.